The summed E-state index contributed by atoms with van der Waals surface area (Å²) >= 11 is 0. The van der Waals surface area contributed by atoms with Crippen LogP contribution >= 0.6 is 0 Å². The highest BCUT2D eigenvalue weighted by Gasteiger charge is 2.33. The molecule has 4 heteroatoms. The number of benzene rings is 1. The number of ether oxygens (including phenoxy) is 1. The Morgan fingerprint density at radius 1 is 1.33 bits per heavy atom. The molecule has 1 aromatic rings. The van der Waals surface area contributed by atoms with E-state index >= 15 is 0 Å². The number of rotatable bonds is 3. The second-order valence-electron chi connectivity index (χ2n) is 5.24. The molecule has 2 bridgehead atoms. The molecular weight excluding hydrogens is 231 g/mol. The highest BCUT2D eigenvalue weighted by atomic mass is 19.1. The minimum absolute atomic E-state index is 0.300. The van der Waals surface area contributed by atoms with Gasteiger partial charge in [0.05, 0.1) is 7.11 Å². The zero-order valence-electron chi connectivity index (χ0n) is 10.7. The molecule has 1 unspecified atom stereocenters. The van der Waals surface area contributed by atoms with E-state index in [9.17, 15) is 4.39 Å². The summed E-state index contributed by atoms with van der Waals surface area (Å²) in [4.78, 5) is 2.48. The summed E-state index contributed by atoms with van der Waals surface area (Å²) < 4.78 is 18.5. The molecule has 3 aliphatic rings. The lowest BCUT2D eigenvalue weighted by Gasteiger charge is -2.45. The number of nitrogens with one attached hydrogen (secondary N) is 1. The van der Waals surface area contributed by atoms with E-state index in [0.717, 1.165) is 18.2 Å². The lowest BCUT2D eigenvalue weighted by molar-refractivity contribution is 0.0975. The van der Waals surface area contributed by atoms with Crippen molar-refractivity contribution in [2.75, 3.05) is 32.1 Å². The van der Waals surface area contributed by atoms with Crippen molar-refractivity contribution in [2.45, 2.75) is 18.9 Å². The number of hydrogen-bond acceptors (Lipinski definition) is 3. The lowest BCUT2D eigenvalue weighted by Crippen LogP contribution is -2.53. The summed E-state index contributed by atoms with van der Waals surface area (Å²) in [5.74, 6) is 0.735. The van der Waals surface area contributed by atoms with E-state index in [2.05, 4.69) is 10.2 Å². The molecule has 98 valence electrons. The second-order valence-corrected chi connectivity index (χ2v) is 5.24. The molecule has 0 amide bonds. The highest BCUT2D eigenvalue weighted by Crippen LogP contribution is 2.30. The summed E-state index contributed by atoms with van der Waals surface area (Å²) in [5, 5.41) is 3.47. The number of halogens is 1. The van der Waals surface area contributed by atoms with Crippen LogP contribution in [-0.4, -0.2) is 37.7 Å². The number of methoxy groups -OCH3 is 1. The van der Waals surface area contributed by atoms with E-state index < -0.39 is 0 Å². The zero-order chi connectivity index (χ0) is 12.5. The van der Waals surface area contributed by atoms with E-state index in [-0.39, 0.29) is 5.82 Å². The van der Waals surface area contributed by atoms with Crippen molar-refractivity contribution in [3.05, 3.63) is 24.0 Å². The third-order valence-electron chi connectivity index (χ3n) is 4.16. The van der Waals surface area contributed by atoms with Crippen LogP contribution in [0.2, 0.25) is 0 Å². The van der Waals surface area contributed by atoms with Crippen molar-refractivity contribution in [1.82, 2.24) is 4.90 Å². The third kappa shape index (κ3) is 2.17. The number of hydrogen-bond donors (Lipinski definition) is 1. The van der Waals surface area contributed by atoms with E-state index in [1.165, 1.54) is 39.1 Å². The average Bonchev–Trinajstić information content (AvgIpc) is 2.40. The van der Waals surface area contributed by atoms with Gasteiger partial charge in [0.25, 0.3) is 0 Å². The van der Waals surface area contributed by atoms with Crippen LogP contribution in [0.4, 0.5) is 10.1 Å². The fourth-order valence-electron chi connectivity index (χ4n) is 3.10. The van der Waals surface area contributed by atoms with Crippen molar-refractivity contribution >= 4 is 5.69 Å². The van der Waals surface area contributed by atoms with E-state index in [1.807, 2.05) is 6.07 Å². The molecule has 0 saturated carbocycles. The molecule has 0 aliphatic carbocycles. The Bertz CT molecular complexity index is 430. The molecule has 3 heterocycles. The molecule has 3 fully saturated rings. The van der Waals surface area contributed by atoms with E-state index in [1.54, 1.807) is 6.07 Å². The van der Waals surface area contributed by atoms with Crippen molar-refractivity contribution in [2.24, 2.45) is 5.92 Å². The van der Waals surface area contributed by atoms with Gasteiger partial charge in [-0.25, -0.2) is 4.39 Å². The Hall–Kier alpha value is -1.29. The smallest absolute Gasteiger partial charge is 0.167 e. The molecule has 1 aromatic carbocycles. The minimum Gasteiger partial charge on any atom is -0.494 e. The van der Waals surface area contributed by atoms with Crippen LogP contribution in [0, 0.1) is 11.7 Å². The predicted octanol–water partition coefficient (Wildman–Crippen LogP) is 2.34. The normalized spacial score (nSPS) is 30.2. The van der Waals surface area contributed by atoms with Crippen LogP contribution in [0.5, 0.6) is 5.75 Å². The minimum atomic E-state index is -0.302. The van der Waals surface area contributed by atoms with Gasteiger partial charge in [-0.3, -0.25) is 0 Å². The molecule has 1 atom stereocenters. The van der Waals surface area contributed by atoms with Gasteiger partial charge in [0.2, 0.25) is 0 Å². The molecule has 0 aromatic heterocycles. The van der Waals surface area contributed by atoms with Crippen LogP contribution in [0.3, 0.4) is 0 Å². The number of anilines is 1. The first-order valence-electron chi connectivity index (χ1n) is 6.58. The first kappa shape index (κ1) is 11.8. The number of nitrogens with zero attached hydrogens (tertiary/aromatic N) is 1. The number of fused-ring (bicyclic) bond motifs is 3. The van der Waals surface area contributed by atoms with Crippen molar-refractivity contribution < 1.29 is 9.13 Å². The first-order chi connectivity index (χ1) is 8.76. The third-order valence-corrected chi connectivity index (χ3v) is 4.16. The summed E-state index contributed by atoms with van der Waals surface area (Å²) in [5.41, 5.74) is 0.854. The monoisotopic (exact) mass is 250 g/mol. The Labute approximate surface area is 107 Å². The van der Waals surface area contributed by atoms with Gasteiger partial charge in [0.15, 0.2) is 11.6 Å². The fraction of sp³-hybridized carbons (Fsp3) is 0.571. The fourth-order valence-corrected chi connectivity index (χ4v) is 3.10. The molecule has 4 rings (SSSR count). The molecular formula is C14H19FN2O. The van der Waals surface area contributed by atoms with Crippen LogP contribution < -0.4 is 10.1 Å². The quantitative estimate of drug-likeness (QED) is 0.891. The van der Waals surface area contributed by atoms with Crippen LogP contribution in [0.1, 0.15) is 12.8 Å². The van der Waals surface area contributed by atoms with Crippen LogP contribution in [0.15, 0.2) is 18.2 Å². The Balaban J connectivity index is 1.71. The molecule has 3 saturated heterocycles. The van der Waals surface area contributed by atoms with Gasteiger partial charge in [-0.2, -0.15) is 0 Å². The summed E-state index contributed by atoms with van der Waals surface area (Å²) in [7, 11) is 1.49. The number of piperidine rings is 3. The van der Waals surface area contributed by atoms with Crippen molar-refractivity contribution in [1.29, 1.82) is 0 Å². The van der Waals surface area contributed by atoms with E-state index in [4.69, 9.17) is 4.74 Å². The maximum absolute atomic E-state index is 13.6. The Morgan fingerprint density at radius 3 is 2.67 bits per heavy atom. The summed E-state index contributed by atoms with van der Waals surface area (Å²) in [6.07, 6.45) is 2.52. The molecule has 3 aliphatic heterocycles. The molecule has 1 N–H and O–H groups in total. The van der Waals surface area contributed by atoms with Crippen LogP contribution in [0.25, 0.3) is 0 Å². The zero-order valence-corrected chi connectivity index (χ0v) is 10.7. The predicted molar refractivity (Wildman–Crippen MR) is 69.5 cm³/mol. The van der Waals surface area contributed by atoms with Gasteiger partial charge in [0, 0.05) is 24.3 Å². The van der Waals surface area contributed by atoms with Gasteiger partial charge in [-0.05, 0) is 44.0 Å². The summed E-state index contributed by atoms with van der Waals surface area (Å²) in [6.45, 7) is 3.53. The molecule has 0 radical (unpaired) electrons. The SMILES string of the molecule is COc1ccc(NC2CN3CCC2CC3)cc1F. The van der Waals surface area contributed by atoms with Gasteiger partial charge < -0.3 is 15.0 Å². The average molecular weight is 250 g/mol. The Morgan fingerprint density at radius 2 is 2.11 bits per heavy atom. The molecule has 18 heavy (non-hydrogen) atoms. The summed E-state index contributed by atoms with van der Waals surface area (Å²) in [6, 6.07) is 5.55. The molecule has 3 nitrogen and oxygen atoms in total. The maximum Gasteiger partial charge on any atom is 0.167 e. The lowest BCUT2D eigenvalue weighted by atomic mass is 9.84. The maximum atomic E-state index is 13.6. The first-order valence-corrected chi connectivity index (χ1v) is 6.58. The molecule has 0 spiro atoms. The van der Waals surface area contributed by atoms with Gasteiger partial charge in [-0.1, -0.05) is 0 Å². The van der Waals surface area contributed by atoms with E-state index in [0.29, 0.717) is 11.8 Å². The van der Waals surface area contributed by atoms with Gasteiger partial charge in [-0.15, -0.1) is 0 Å². The van der Waals surface area contributed by atoms with Crippen molar-refractivity contribution in [3.8, 4) is 5.75 Å². The Kier molecular flexibility index (Phi) is 3.12. The van der Waals surface area contributed by atoms with Gasteiger partial charge >= 0.3 is 0 Å². The van der Waals surface area contributed by atoms with Crippen LogP contribution in [-0.2, 0) is 0 Å². The van der Waals surface area contributed by atoms with Gasteiger partial charge in [0.1, 0.15) is 0 Å². The largest absolute Gasteiger partial charge is 0.494 e. The highest BCUT2D eigenvalue weighted by molar-refractivity contribution is 5.48. The topological polar surface area (TPSA) is 24.5 Å². The standard InChI is InChI=1S/C14H19FN2O/c1-18-14-3-2-11(8-12(14)15)16-13-9-17-6-4-10(13)5-7-17/h2-3,8,10,13,16H,4-7,9H2,1H3. The van der Waals surface area contributed by atoms with Crippen molar-refractivity contribution in [3.63, 3.8) is 0 Å². The second kappa shape index (κ2) is 4.76.